The van der Waals surface area contributed by atoms with E-state index >= 15 is 0 Å². The molecule has 1 aromatic heterocycles. The van der Waals surface area contributed by atoms with Crippen LogP contribution in [0.1, 0.15) is 24.0 Å². The Morgan fingerprint density at radius 1 is 1.65 bits per heavy atom. The summed E-state index contributed by atoms with van der Waals surface area (Å²) in [7, 11) is 0. The standard InChI is InChI=1S/C13H15N3O/c1-10-4-5-15-13(12(10)7-14)16-6-2-3-11(8-16)9-17/h4-5,9,11H,2-3,6,8H2,1H3. The Morgan fingerprint density at radius 3 is 3.18 bits per heavy atom. The smallest absolute Gasteiger partial charge is 0.146 e. The van der Waals surface area contributed by atoms with Crippen molar-refractivity contribution in [2.24, 2.45) is 5.92 Å². The van der Waals surface area contributed by atoms with E-state index in [9.17, 15) is 4.79 Å². The highest BCUT2D eigenvalue weighted by Gasteiger charge is 2.22. The fraction of sp³-hybridized carbons (Fsp3) is 0.462. The van der Waals surface area contributed by atoms with Crippen LogP contribution >= 0.6 is 0 Å². The molecule has 2 heterocycles. The van der Waals surface area contributed by atoms with Gasteiger partial charge in [-0.2, -0.15) is 5.26 Å². The Hall–Kier alpha value is -1.89. The number of aryl methyl sites for hydroxylation is 1. The number of nitriles is 1. The van der Waals surface area contributed by atoms with Crippen molar-refractivity contribution in [3.63, 3.8) is 0 Å². The van der Waals surface area contributed by atoms with Gasteiger partial charge in [0, 0.05) is 25.2 Å². The van der Waals surface area contributed by atoms with Gasteiger partial charge in [0.15, 0.2) is 0 Å². The van der Waals surface area contributed by atoms with Gasteiger partial charge in [0.2, 0.25) is 0 Å². The number of hydrogen-bond donors (Lipinski definition) is 0. The Kier molecular flexibility index (Phi) is 3.38. The van der Waals surface area contributed by atoms with Gasteiger partial charge in [-0.15, -0.1) is 0 Å². The maximum atomic E-state index is 10.8. The molecule has 1 fully saturated rings. The number of pyridine rings is 1. The lowest BCUT2D eigenvalue weighted by atomic mass is 9.99. The highest BCUT2D eigenvalue weighted by atomic mass is 16.1. The molecule has 0 aromatic carbocycles. The molecule has 4 heteroatoms. The second-order valence-corrected chi connectivity index (χ2v) is 4.42. The van der Waals surface area contributed by atoms with E-state index in [0.717, 1.165) is 37.1 Å². The lowest BCUT2D eigenvalue weighted by Crippen LogP contribution is -2.37. The second-order valence-electron chi connectivity index (χ2n) is 4.42. The van der Waals surface area contributed by atoms with Crippen molar-refractivity contribution in [2.75, 3.05) is 18.0 Å². The zero-order valence-corrected chi connectivity index (χ0v) is 9.89. The Balaban J connectivity index is 2.31. The highest BCUT2D eigenvalue weighted by Crippen LogP contribution is 2.24. The van der Waals surface area contributed by atoms with Gasteiger partial charge in [0.25, 0.3) is 0 Å². The van der Waals surface area contributed by atoms with Crippen molar-refractivity contribution >= 4 is 12.1 Å². The molecular weight excluding hydrogens is 214 g/mol. The van der Waals surface area contributed by atoms with Crippen molar-refractivity contribution in [3.05, 3.63) is 23.4 Å². The average molecular weight is 229 g/mol. The third-order valence-electron chi connectivity index (χ3n) is 3.20. The number of aromatic nitrogens is 1. The Bertz CT molecular complexity index is 464. The summed E-state index contributed by atoms with van der Waals surface area (Å²) < 4.78 is 0. The second kappa shape index (κ2) is 4.96. The van der Waals surface area contributed by atoms with Gasteiger partial charge in [-0.1, -0.05) is 0 Å². The van der Waals surface area contributed by atoms with E-state index in [0.29, 0.717) is 12.1 Å². The van der Waals surface area contributed by atoms with Crippen LogP contribution in [0.4, 0.5) is 5.82 Å². The summed E-state index contributed by atoms with van der Waals surface area (Å²) in [4.78, 5) is 17.2. The molecule has 4 nitrogen and oxygen atoms in total. The minimum atomic E-state index is 0.0672. The Morgan fingerprint density at radius 2 is 2.47 bits per heavy atom. The molecule has 0 aliphatic carbocycles. The molecule has 1 saturated heterocycles. The first-order valence-electron chi connectivity index (χ1n) is 5.82. The molecule has 1 aromatic rings. The zero-order chi connectivity index (χ0) is 12.3. The van der Waals surface area contributed by atoms with Gasteiger partial charge >= 0.3 is 0 Å². The highest BCUT2D eigenvalue weighted by molar-refractivity contribution is 5.60. The van der Waals surface area contributed by atoms with Crippen LogP contribution in [0, 0.1) is 24.2 Å². The maximum absolute atomic E-state index is 10.8. The first-order chi connectivity index (χ1) is 8.26. The summed E-state index contributed by atoms with van der Waals surface area (Å²) in [5.41, 5.74) is 1.56. The van der Waals surface area contributed by atoms with Crippen LogP contribution in [-0.2, 0) is 4.79 Å². The van der Waals surface area contributed by atoms with E-state index in [4.69, 9.17) is 5.26 Å². The summed E-state index contributed by atoms with van der Waals surface area (Å²) in [6.45, 7) is 3.45. The Labute approximate surface area is 101 Å². The number of aldehydes is 1. The van der Waals surface area contributed by atoms with Gasteiger partial charge in [0.05, 0.1) is 5.56 Å². The number of carbonyl (C=O) groups is 1. The van der Waals surface area contributed by atoms with E-state index < -0.39 is 0 Å². The fourth-order valence-electron chi connectivity index (χ4n) is 2.24. The molecule has 0 bridgehead atoms. The molecule has 0 saturated carbocycles. The van der Waals surface area contributed by atoms with Crippen molar-refractivity contribution in [2.45, 2.75) is 19.8 Å². The minimum absolute atomic E-state index is 0.0672. The van der Waals surface area contributed by atoms with E-state index in [1.165, 1.54) is 0 Å². The zero-order valence-electron chi connectivity index (χ0n) is 9.89. The molecule has 17 heavy (non-hydrogen) atoms. The monoisotopic (exact) mass is 229 g/mol. The molecule has 1 aliphatic heterocycles. The van der Waals surface area contributed by atoms with Crippen molar-refractivity contribution in [1.29, 1.82) is 5.26 Å². The third kappa shape index (κ3) is 2.28. The molecule has 2 rings (SSSR count). The van der Waals surface area contributed by atoms with Crippen LogP contribution in [0.2, 0.25) is 0 Å². The van der Waals surface area contributed by atoms with Gasteiger partial charge in [0.1, 0.15) is 18.2 Å². The fourth-order valence-corrected chi connectivity index (χ4v) is 2.24. The number of anilines is 1. The van der Waals surface area contributed by atoms with Crippen molar-refractivity contribution < 1.29 is 4.79 Å². The molecule has 0 radical (unpaired) electrons. The van der Waals surface area contributed by atoms with Gasteiger partial charge in [-0.05, 0) is 31.4 Å². The summed E-state index contributed by atoms with van der Waals surface area (Å²) in [5.74, 6) is 0.789. The number of carbonyl (C=O) groups excluding carboxylic acids is 1. The predicted molar refractivity (Wildman–Crippen MR) is 64.7 cm³/mol. The van der Waals surface area contributed by atoms with E-state index in [-0.39, 0.29) is 5.92 Å². The van der Waals surface area contributed by atoms with E-state index in [1.807, 2.05) is 17.9 Å². The van der Waals surface area contributed by atoms with Crippen LogP contribution in [0.3, 0.4) is 0 Å². The van der Waals surface area contributed by atoms with Crippen molar-refractivity contribution in [3.8, 4) is 6.07 Å². The summed E-state index contributed by atoms with van der Waals surface area (Å²) in [6, 6.07) is 4.04. The molecule has 0 amide bonds. The molecule has 0 N–H and O–H groups in total. The van der Waals surface area contributed by atoms with E-state index in [1.54, 1.807) is 6.20 Å². The summed E-state index contributed by atoms with van der Waals surface area (Å²) >= 11 is 0. The SMILES string of the molecule is Cc1ccnc(N2CCCC(C=O)C2)c1C#N. The molecular formula is C13H15N3O. The third-order valence-corrected chi connectivity index (χ3v) is 3.20. The summed E-state index contributed by atoms with van der Waals surface area (Å²) in [5, 5.41) is 9.17. The molecule has 0 spiro atoms. The number of hydrogen-bond acceptors (Lipinski definition) is 4. The van der Waals surface area contributed by atoms with E-state index in [2.05, 4.69) is 11.1 Å². The average Bonchev–Trinajstić information content (AvgIpc) is 2.38. The van der Waals surface area contributed by atoms with Crippen LogP contribution in [-0.4, -0.2) is 24.4 Å². The maximum Gasteiger partial charge on any atom is 0.146 e. The first-order valence-corrected chi connectivity index (χ1v) is 5.82. The lowest BCUT2D eigenvalue weighted by Gasteiger charge is -2.31. The molecule has 1 unspecified atom stereocenters. The largest absolute Gasteiger partial charge is 0.355 e. The predicted octanol–water partition coefficient (Wildman–Crippen LogP) is 1.68. The summed E-state index contributed by atoms with van der Waals surface area (Å²) in [6.07, 6.45) is 4.64. The van der Waals surface area contributed by atoms with Crippen LogP contribution in [0.5, 0.6) is 0 Å². The van der Waals surface area contributed by atoms with Gasteiger partial charge in [-0.25, -0.2) is 4.98 Å². The molecule has 1 aliphatic rings. The molecule has 1 atom stereocenters. The normalized spacial score (nSPS) is 19.8. The first kappa shape index (κ1) is 11.6. The topological polar surface area (TPSA) is 57.0 Å². The van der Waals surface area contributed by atoms with Crippen LogP contribution in [0.15, 0.2) is 12.3 Å². The number of piperidine rings is 1. The van der Waals surface area contributed by atoms with Crippen LogP contribution in [0.25, 0.3) is 0 Å². The van der Waals surface area contributed by atoms with Gasteiger partial charge in [-0.3, -0.25) is 0 Å². The van der Waals surface area contributed by atoms with Crippen molar-refractivity contribution in [1.82, 2.24) is 4.98 Å². The van der Waals surface area contributed by atoms with Gasteiger partial charge < -0.3 is 9.69 Å². The van der Waals surface area contributed by atoms with Crippen LogP contribution < -0.4 is 4.90 Å². The number of rotatable bonds is 2. The minimum Gasteiger partial charge on any atom is -0.355 e. The lowest BCUT2D eigenvalue weighted by molar-refractivity contribution is -0.111. The molecule has 88 valence electrons. The number of nitrogens with zero attached hydrogens (tertiary/aromatic N) is 3. The quantitative estimate of drug-likeness (QED) is 0.724.